The lowest BCUT2D eigenvalue weighted by Gasteiger charge is -2.08. The summed E-state index contributed by atoms with van der Waals surface area (Å²) in [5.41, 5.74) is 3.79. The van der Waals surface area contributed by atoms with Crippen molar-refractivity contribution in [2.45, 2.75) is 25.4 Å². The number of carbonyl (C=O) groups is 1. The van der Waals surface area contributed by atoms with Gasteiger partial charge in [-0.25, -0.2) is 9.37 Å². The number of oxazole rings is 1. The lowest BCUT2D eigenvalue weighted by Crippen LogP contribution is -2.12. The van der Waals surface area contributed by atoms with Crippen LogP contribution in [0.3, 0.4) is 0 Å². The number of hydrogen-bond acceptors (Lipinski definition) is 6. The van der Waals surface area contributed by atoms with E-state index in [9.17, 15) is 9.18 Å². The van der Waals surface area contributed by atoms with Crippen molar-refractivity contribution in [1.29, 1.82) is 0 Å². The predicted molar refractivity (Wildman–Crippen MR) is 118 cm³/mol. The monoisotopic (exact) mass is 443 g/mol. The first-order chi connectivity index (χ1) is 16.0. The summed E-state index contributed by atoms with van der Waals surface area (Å²) in [5, 5.41) is 7.88. The van der Waals surface area contributed by atoms with Crippen LogP contribution in [0.1, 0.15) is 34.3 Å². The second-order valence-electron chi connectivity index (χ2n) is 8.11. The van der Waals surface area contributed by atoms with Crippen LogP contribution in [0.5, 0.6) is 0 Å². The van der Waals surface area contributed by atoms with Crippen molar-refractivity contribution in [1.82, 2.24) is 20.1 Å². The summed E-state index contributed by atoms with van der Waals surface area (Å²) in [6, 6.07) is 13.2. The minimum atomic E-state index is -0.914. The van der Waals surface area contributed by atoms with Gasteiger partial charge in [-0.3, -0.25) is 4.79 Å². The van der Waals surface area contributed by atoms with Crippen LogP contribution in [-0.4, -0.2) is 32.2 Å². The fourth-order valence-electron chi connectivity index (χ4n) is 3.70. The number of anilines is 1. The number of nitrogens with one attached hydrogen (secondary N) is 2. The predicted octanol–water partition coefficient (Wildman–Crippen LogP) is 5.26. The number of nitrogens with zero attached hydrogens (tertiary/aromatic N) is 3. The van der Waals surface area contributed by atoms with E-state index in [1.54, 1.807) is 6.07 Å². The Balaban J connectivity index is 1.22. The Kier molecular flexibility index (Phi) is 4.36. The number of aromatic amines is 1. The fraction of sp³-hybridized carbons (Fsp3) is 0.167. The van der Waals surface area contributed by atoms with Gasteiger partial charge in [0.15, 0.2) is 0 Å². The molecule has 164 valence electrons. The van der Waals surface area contributed by atoms with Crippen molar-refractivity contribution in [3.05, 3.63) is 72.1 Å². The van der Waals surface area contributed by atoms with Crippen molar-refractivity contribution in [2.75, 3.05) is 5.32 Å². The Morgan fingerprint density at radius 1 is 1.18 bits per heavy atom. The van der Waals surface area contributed by atoms with Crippen LogP contribution in [0.2, 0.25) is 0 Å². The van der Waals surface area contributed by atoms with Crippen LogP contribution in [-0.2, 0) is 0 Å². The van der Waals surface area contributed by atoms with Gasteiger partial charge in [-0.05, 0) is 48.6 Å². The molecule has 3 heterocycles. The van der Waals surface area contributed by atoms with Crippen molar-refractivity contribution in [3.63, 3.8) is 0 Å². The third kappa shape index (κ3) is 3.57. The molecule has 0 unspecified atom stereocenters. The number of aromatic nitrogens is 4. The molecule has 5 aromatic rings. The van der Waals surface area contributed by atoms with Crippen molar-refractivity contribution in [2.24, 2.45) is 0 Å². The average molecular weight is 443 g/mol. The Morgan fingerprint density at radius 3 is 2.88 bits per heavy atom. The fourth-order valence-corrected chi connectivity index (χ4v) is 3.70. The number of rotatable bonds is 5. The number of fused-ring (bicyclic) bond motifs is 1. The highest BCUT2D eigenvalue weighted by molar-refractivity contribution is 6.03. The molecular formula is C24H18FN5O3. The van der Waals surface area contributed by atoms with Gasteiger partial charge >= 0.3 is 0 Å². The first-order valence-electron chi connectivity index (χ1n) is 10.5. The summed E-state index contributed by atoms with van der Waals surface area (Å²) in [6.07, 6.45) is 2.76. The number of carbonyl (C=O) groups excluding carboxylic acids is 1. The van der Waals surface area contributed by atoms with Gasteiger partial charge < -0.3 is 19.2 Å². The molecule has 3 aromatic heterocycles. The maximum Gasteiger partial charge on any atom is 0.293 e. The van der Waals surface area contributed by atoms with E-state index in [4.69, 9.17) is 8.94 Å². The van der Waals surface area contributed by atoms with E-state index >= 15 is 0 Å². The molecule has 0 bridgehead atoms. The average Bonchev–Trinajstić information content (AvgIpc) is 3.29. The molecule has 0 aliphatic heterocycles. The zero-order valence-electron chi connectivity index (χ0n) is 17.5. The highest BCUT2D eigenvalue weighted by Crippen LogP contribution is 2.43. The summed E-state index contributed by atoms with van der Waals surface area (Å²) in [7, 11) is 0. The molecule has 0 saturated heterocycles. The van der Waals surface area contributed by atoms with E-state index in [0.717, 1.165) is 22.0 Å². The van der Waals surface area contributed by atoms with E-state index in [-0.39, 0.29) is 11.7 Å². The first-order valence-corrected chi connectivity index (χ1v) is 10.5. The maximum atomic E-state index is 13.3. The Bertz CT molecular complexity index is 1500. The summed E-state index contributed by atoms with van der Waals surface area (Å²) in [4.78, 5) is 24.5. The van der Waals surface area contributed by atoms with Crippen LogP contribution >= 0.6 is 0 Å². The topological polar surface area (TPSA) is 110 Å². The van der Waals surface area contributed by atoms with Gasteiger partial charge in [-0.1, -0.05) is 23.4 Å². The zero-order valence-corrected chi connectivity index (χ0v) is 17.5. The lowest BCUT2D eigenvalue weighted by molar-refractivity contribution is 0.0997. The van der Waals surface area contributed by atoms with Gasteiger partial charge in [-0.15, -0.1) is 0 Å². The second-order valence-corrected chi connectivity index (χ2v) is 8.11. The number of benzene rings is 2. The number of halogens is 1. The molecule has 1 aliphatic carbocycles. The van der Waals surface area contributed by atoms with E-state index in [0.29, 0.717) is 35.3 Å². The molecule has 33 heavy (non-hydrogen) atoms. The summed E-state index contributed by atoms with van der Waals surface area (Å²) in [6.45, 7) is 1.87. The highest BCUT2D eigenvalue weighted by Gasteiger charge is 2.43. The molecular weight excluding hydrogens is 425 g/mol. The molecule has 1 aliphatic rings. The molecule has 6 rings (SSSR count). The molecule has 1 fully saturated rings. The van der Waals surface area contributed by atoms with Gasteiger partial charge in [0.05, 0.1) is 12.1 Å². The summed E-state index contributed by atoms with van der Waals surface area (Å²) in [5.74, 6) is 0.353. The van der Waals surface area contributed by atoms with E-state index in [1.807, 2.05) is 49.5 Å². The Labute approximate surface area is 186 Å². The van der Waals surface area contributed by atoms with Crippen LogP contribution in [0.25, 0.3) is 33.7 Å². The Hall–Kier alpha value is -4.27. The molecule has 1 amide bonds. The van der Waals surface area contributed by atoms with E-state index < -0.39 is 12.1 Å². The molecule has 0 radical (unpaired) electrons. The van der Waals surface area contributed by atoms with Gasteiger partial charge in [0.25, 0.3) is 5.91 Å². The second kappa shape index (κ2) is 7.40. The number of alkyl halides is 1. The maximum absolute atomic E-state index is 13.3. The first kappa shape index (κ1) is 19.4. The van der Waals surface area contributed by atoms with Gasteiger partial charge in [0.2, 0.25) is 23.4 Å². The van der Waals surface area contributed by atoms with Crippen molar-refractivity contribution < 1.29 is 18.1 Å². The molecule has 1 saturated carbocycles. The standard InChI is InChI=1S/C24H18FN5O3/c1-12-2-3-14(21-29-24(33-30-21)16-10-17(16)25)8-18(12)28-22(31)20-11-27-23(32-20)15-5-4-13-6-7-26-19(13)9-15/h2-9,11,16-17,26H,10H2,1H3,(H,28,31)/t16-,17-/m0/s1. The lowest BCUT2D eigenvalue weighted by atomic mass is 10.1. The minimum Gasteiger partial charge on any atom is -0.431 e. The quantitative estimate of drug-likeness (QED) is 0.383. The number of H-pyrrole nitrogens is 1. The molecule has 8 nitrogen and oxygen atoms in total. The van der Waals surface area contributed by atoms with Crippen LogP contribution in [0.4, 0.5) is 10.1 Å². The van der Waals surface area contributed by atoms with Crippen molar-refractivity contribution in [3.8, 4) is 22.8 Å². The van der Waals surface area contributed by atoms with Crippen molar-refractivity contribution >= 4 is 22.5 Å². The minimum absolute atomic E-state index is 0.0888. The number of amides is 1. The van der Waals surface area contributed by atoms with E-state index in [2.05, 4.69) is 25.4 Å². The molecule has 2 atom stereocenters. The largest absolute Gasteiger partial charge is 0.431 e. The summed E-state index contributed by atoms with van der Waals surface area (Å²) >= 11 is 0. The number of hydrogen-bond donors (Lipinski definition) is 2. The smallest absolute Gasteiger partial charge is 0.293 e. The third-order valence-corrected chi connectivity index (χ3v) is 5.75. The van der Waals surface area contributed by atoms with Crippen LogP contribution in [0.15, 0.2) is 63.8 Å². The Morgan fingerprint density at radius 2 is 2.03 bits per heavy atom. The highest BCUT2D eigenvalue weighted by atomic mass is 19.1. The normalized spacial score (nSPS) is 17.4. The van der Waals surface area contributed by atoms with Crippen LogP contribution < -0.4 is 5.32 Å². The van der Waals surface area contributed by atoms with E-state index in [1.165, 1.54) is 6.20 Å². The molecule has 0 spiro atoms. The van der Waals surface area contributed by atoms with Crippen LogP contribution in [0, 0.1) is 6.92 Å². The molecule has 2 N–H and O–H groups in total. The summed E-state index contributed by atoms with van der Waals surface area (Å²) < 4.78 is 24.2. The SMILES string of the molecule is Cc1ccc(-c2noc([C@H]3C[C@@H]3F)n2)cc1NC(=O)c1cnc(-c2ccc3cc[nH]c3c2)o1. The molecule has 2 aromatic carbocycles. The third-order valence-electron chi connectivity index (χ3n) is 5.75. The van der Waals surface area contributed by atoms with Gasteiger partial charge in [0, 0.05) is 28.5 Å². The zero-order chi connectivity index (χ0) is 22.5. The van der Waals surface area contributed by atoms with Gasteiger partial charge in [-0.2, -0.15) is 4.98 Å². The number of aryl methyl sites for hydroxylation is 1. The molecule has 9 heteroatoms. The van der Waals surface area contributed by atoms with Gasteiger partial charge in [0.1, 0.15) is 6.17 Å².